The summed E-state index contributed by atoms with van der Waals surface area (Å²) in [4.78, 5) is 49.0. The highest BCUT2D eigenvalue weighted by Crippen LogP contribution is 2.32. The summed E-state index contributed by atoms with van der Waals surface area (Å²) < 4.78 is 24.7. The average molecular weight is 421 g/mol. The number of rotatable bonds is 6. The summed E-state index contributed by atoms with van der Waals surface area (Å²) >= 11 is 0.351. The van der Waals surface area contributed by atoms with Crippen molar-refractivity contribution in [2.24, 2.45) is 0 Å². The molecule has 1 heterocycles. The molecule has 2 aromatic carbocycles. The number of alkyl halides is 2. The van der Waals surface area contributed by atoms with Gasteiger partial charge in [0.15, 0.2) is 0 Å². The lowest BCUT2D eigenvalue weighted by Crippen LogP contribution is -2.45. The molecule has 1 N–H and O–H groups in total. The van der Waals surface area contributed by atoms with Crippen molar-refractivity contribution < 1.29 is 28.1 Å². The largest absolute Gasteiger partial charge is 0.324 e. The molecular weight excluding hydrogens is 408 g/mol. The van der Waals surface area contributed by atoms with Gasteiger partial charge in [-0.15, -0.1) is 0 Å². The number of amides is 3. The zero-order valence-corrected chi connectivity index (χ0v) is 15.6. The molecule has 0 bridgehead atoms. The predicted molar refractivity (Wildman–Crippen MR) is 100.0 cm³/mol. The summed E-state index contributed by atoms with van der Waals surface area (Å²) in [5, 5.41) is 13.6. The maximum Gasteiger partial charge on any atom is 0.288 e. The molecule has 3 rings (SSSR count). The molecule has 150 valence electrons. The lowest BCUT2D eigenvalue weighted by Gasteiger charge is -2.21. The summed E-state index contributed by atoms with van der Waals surface area (Å²) in [7, 11) is 0. The summed E-state index contributed by atoms with van der Waals surface area (Å²) in [5.74, 6) is -5.02. The Hall–Kier alpha value is -3.34. The number of benzene rings is 2. The van der Waals surface area contributed by atoms with Crippen LogP contribution in [0.15, 0.2) is 47.4 Å². The van der Waals surface area contributed by atoms with Gasteiger partial charge in [-0.2, -0.15) is 8.78 Å². The van der Waals surface area contributed by atoms with Crippen LogP contribution in [0.25, 0.3) is 0 Å². The molecular formula is C18H13F2N3O5S. The maximum atomic E-state index is 12.6. The first-order valence-electron chi connectivity index (χ1n) is 8.21. The Morgan fingerprint density at radius 1 is 1.14 bits per heavy atom. The third-order valence-corrected chi connectivity index (χ3v) is 4.96. The summed E-state index contributed by atoms with van der Waals surface area (Å²) in [5.41, 5.74) is -0.723. The van der Waals surface area contributed by atoms with Gasteiger partial charge in [0.25, 0.3) is 23.3 Å². The molecule has 0 aromatic heterocycles. The zero-order chi connectivity index (χ0) is 21.3. The van der Waals surface area contributed by atoms with Gasteiger partial charge in [-0.3, -0.25) is 29.4 Å². The second-order valence-electron chi connectivity index (χ2n) is 6.01. The smallest absolute Gasteiger partial charge is 0.288 e. The first-order chi connectivity index (χ1) is 13.7. The molecule has 11 heteroatoms. The number of carbonyl (C=O) groups excluding carboxylic acids is 3. The molecule has 29 heavy (non-hydrogen) atoms. The number of imide groups is 1. The van der Waals surface area contributed by atoms with E-state index in [2.05, 4.69) is 5.32 Å². The van der Waals surface area contributed by atoms with Crippen LogP contribution in [0.1, 0.15) is 27.6 Å². The lowest BCUT2D eigenvalue weighted by atomic mass is 10.1. The average Bonchev–Trinajstić information content (AvgIpc) is 2.93. The van der Waals surface area contributed by atoms with Gasteiger partial charge in [-0.25, -0.2) is 0 Å². The van der Waals surface area contributed by atoms with Gasteiger partial charge in [0, 0.05) is 16.6 Å². The lowest BCUT2D eigenvalue weighted by molar-refractivity contribution is -0.385. The quantitative estimate of drug-likeness (QED) is 0.331. The number of nitro benzene ring substituents is 1. The number of halogens is 2. The van der Waals surface area contributed by atoms with Gasteiger partial charge in [-0.1, -0.05) is 17.8 Å². The van der Waals surface area contributed by atoms with E-state index in [9.17, 15) is 33.3 Å². The number of hydrogen-bond donors (Lipinski definition) is 1. The van der Waals surface area contributed by atoms with Crippen LogP contribution in [0, 0.1) is 10.1 Å². The molecule has 3 amide bonds. The van der Waals surface area contributed by atoms with E-state index in [1.807, 2.05) is 0 Å². The standard InChI is InChI=1S/C18H13F2N3O5S/c1-9(15(24)21-10-5-7-11(8-6-10)29-18(19)20)22-16(25)12-3-2-4-13(23(27)28)14(12)17(22)26/h2-9,18H,1H3,(H,21,24). The van der Waals surface area contributed by atoms with Crippen molar-refractivity contribution in [1.82, 2.24) is 4.90 Å². The van der Waals surface area contributed by atoms with E-state index in [1.54, 1.807) is 0 Å². The monoisotopic (exact) mass is 421 g/mol. The topological polar surface area (TPSA) is 110 Å². The highest BCUT2D eigenvalue weighted by Gasteiger charge is 2.44. The third kappa shape index (κ3) is 3.94. The maximum absolute atomic E-state index is 12.6. The summed E-state index contributed by atoms with van der Waals surface area (Å²) in [6, 6.07) is 8.02. The van der Waals surface area contributed by atoms with Gasteiger partial charge >= 0.3 is 0 Å². The van der Waals surface area contributed by atoms with Crippen LogP contribution in [0.2, 0.25) is 0 Å². The van der Waals surface area contributed by atoms with Crippen molar-refractivity contribution in [3.63, 3.8) is 0 Å². The molecule has 0 saturated heterocycles. The van der Waals surface area contributed by atoms with Gasteiger partial charge in [-0.05, 0) is 37.3 Å². The molecule has 0 saturated carbocycles. The normalized spacial score (nSPS) is 14.1. The highest BCUT2D eigenvalue weighted by molar-refractivity contribution is 7.99. The number of nitro groups is 1. The Bertz CT molecular complexity index is 1010. The molecule has 0 spiro atoms. The van der Waals surface area contributed by atoms with Crippen LogP contribution in [0.5, 0.6) is 0 Å². The molecule has 0 aliphatic carbocycles. The van der Waals surface area contributed by atoms with Gasteiger partial charge in [0.2, 0.25) is 5.91 Å². The van der Waals surface area contributed by atoms with E-state index < -0.39 is 40.1 Å². The van der Waals surface area contributed by atoms with Crippen LogP contribution >= 0.6 is 11.8 Å². The number of nitrogens with one attached hydrogen (secondary N) is 1. The van der Waals surface area contributed by atoms with E-state index >= 15 is 0 Å². The summed E-state index contributed by atoms with van der Waals surface area (Å²) in [6.07, 6.45) is 0. The number of carbonyl (C=O) groups is 3. The first-order valence-corrected chi connectivity index (χ1v) is 9.09. The third-order valence-electron chi connectivity index (χ3n) is 4.23. The van der Waals surface area contributed by atoms with E-state index in [-0.39, 0.29) is 16.8 Å². The van der Waals surface area contributed by atoms with Gasteiger partial charge < -0.3 is 5.32 Å². The number of nitrogens with zero attached hydrogens (tertiary/aromatic N) is 2. The Labute approximate surface area is 167 Å². The molecule has 1 aliphatic heterocycles. The molecule has 0 fully saturated rings. The number of thioether (sulfide) groups is 1. The zero-order valence-electron chi connectivity index (χ0n) is 14.8. The first kappa shape index (κ1) is 20.4. The molecule has 2 aromatic rings. The SMILES string of the molecule is CC(C(=O)Nc1ccc(SC(F)F)cc1)N1C(=O)c2cccc([N+](=O)[O-])c2C1=O. The van der Waals surface area contributed by atoms with Crippen LogP contribution < -0.4 is 5.32 Å². The molecule has 0 radical (unpaired) electrons. The molecule has 1 aliphatic rings. The van der Waals surface area contributed by atoms with Crippen molar-refractivity contribution in [3.8, 4) is 0 Å². The van der Waals surface area contributed by atoms with E-state index in [4.69, 9.17) is 0 Å². The van der Waals surface area contributed by atoms with Crippen molar-refractivity contribution in [1.29, 1.82) is 0 Å². The predicted octanol–water partition coefficient (Wildman–Crippen LogP) is 3.53. The molecule has 1 unspecified atom stereocenters. The van der Waals surface area contributed by atoms with Crippen molar-refractivity contribution in [2.45, 2.75) is 23.6 Å². The molecule has 1 atom stereocenters. The fourth-order valence-electron chi connectivity index (χ4n) is 2.87. The fraction of sp³-hybridized carbons (Fsp3) is 0.167. The van der Waals surface area contributed by atoms with E-state index in [0.717, 1.165) is 6.07 Å². The number of fused-ring (bicyclic) bond motifs is 1. The molecule has 8 nitrogen and oxygen atoms in total. The Morgan fingerprint density at radius 3 is 2.38 bits per heavy atom. The van der Waals surface area contributed by atoms with Crippen LogP contribution in [-0.4, -0.2) is 39.3 Å². The highest BCUT2D eigenvalue weighted by atomic mass is 32.2. The number of hydrogen-bond acceptors (Lipinski definition) is 6. The van der Waals surface area contributed by atoms with E-state index in [1.165, 1.54) is 43.3 Å². The second-order valence-corrected chi connectivity index (χ2v) is 7.07. The van der Waals surface area contributed by atoms with Gasteiger partial charge in [0.05, 0.1) is 10.5 Å². The van der Waals surface area contributed by atoms with Crippen molar-refractivity contribution >= 4 is 40.9 Å². The Morgan fingerprint density at radius 2 is 1.79 bits per heavy atom. The minimum absolute atomic E-state index is 0.141. The van der Waals surface area contributed by atoms with Crippen LogP contribution in [0.4, 0.5) is 20.2 Å². The van der Waals surface area contributed by atoms with Crippen LogP contribution in [0.3, 0.4) is 0 Å². The summed E-state index contributed by atoms with van der Waals surface area (Å²) in [6.45, 7) is 1.31. The second kappa shape index (κ2) is 7.95. The van der Waals surface area contributed by atoms with Crippen molar-refractivity contribution in [3.05, 3.63) is 63.7 Å². The Kier molecular flexibility index (Phi) is 5.59. The fourth-order valence-corrected chi connectivity index (χ4v) is 3.37. The number of anilines is 1. The van der Waals surface area contributed by atoms with E-state index in [0.29, 0.717) is 21.6 Å². The minimum Gasteiger partial charge on any atom is -0.324 e. The van der Waals surface area contributed by atoms with Crippen molar-refractivity contribution in [2.75, 3.05) is 5.32 Å². The van der Waals surface area contributed by atoms with Gasteiger partial charge in [0.1, 0.15) is 11.6 Å². The minimum atomic E-state index is -2.58. The Balaban J connectivity index is 1.78. The van der Waals surface area contributed by atoms with Crippen LogP contribution in [-0.2, 0) is 4.79 Å².